The van der Waals surface area contributed by atoms with Gasteiger partial charge >= 0.3 is 0 Å². The van der Waals surface area contributed by atoms with Crippen molar-refractivity contribution in [2.45, 2.75) is 45.1 Å². The molecule has 1 saturated heterocycles. The minimum Gasteiger partial charge on any atom is -0.497 e. The van der Waals surface area contributed by atoms with Gasteiger partial charge in [-0.3, -0.25) is 9.48 Å². The summed E-state index contributed by atoms with van der Waals surface area (Å²) >= 11 is 0. The maximum absolute atomic E-state index is 14.8. The van der Waals surface area contributed by atoms with E-state index in [1.807, 2.05) is 40.0 Å². The molecular weight excluding hydrogens is 605 g/mol. The van der Waals surface area contributed by atoms with Crippen LogP contribution in [0.2, 0.25) is 0 Å². The van der Waals surface area contributed by atoms with E-state index in [-0.39, 0.29) is 23.0 Å². The number of pyridine rings is 1. The molecule has 0 spiro atoms. The second-order valence-electron chi connectivity index (χ2n) is 12.5. The zero-order chi connectivity index (χ0) is 33.0. The Bertz CT molecular complexity index is 2050. The Kier molecular flexibility index (Phi) is 7.85. The Labute approximate surface area is 270 Å². The van der Waals surface area contributed by atoms with Crippen LogP contribution < -0.4 is 25.8 Å². The monoisotopic (exact) mass is 642 g/mol. The average molecular weight is 643 g/mol. The molecule has 7 rings (SSSR count). The first-order valence-electron chi connectivity index (χ1n) is 15.9. The van der Waals surface area contributed by atoms with Crippen LogP contribution in [-0.2, 0) is 13.5 Å². The SMILES string of the molecule is COc1cc(N2CCCc3cc(-c4cnn(C5CCN(c6ccc(N)cc6F)CC5)c4)c(C(F)F)cc32)c2cc(C)c(=O)n(C)c2c1. The number of nitrogen functional groups attached to an aromatic ring is 1. The van der Waals surface area contributed by atoms with Crippen molar-refractivity contribution < 1.29 is 17.9 Å². The number of hydrogen-bond acceptors (Lipinski definition) is 6. The van der Waals surface area contributed by atoms with Crippen molar-refractivity contribution in [3.8, 4) is 16.9 Å². The van der Waals surface area contributed by atoms with Gasteiger partial charge in [0.15, 0.2) is 0 Å². The smallest absolute Gasteiger partial charge is 0.264 e. The van der Waals surface area contributed by atoms with Gasteiger partial charge in [0, 0.05) is 78.5 Å². The first kappa shape index (κ1) is 30.7. The summed E-state index contributed by atoms with van der Waals surface area (Å²) in [6, 6.07) is 13.9. The van der Waals surface area contributed by atoms with Gasteiger partial charge in [-0.05, 0) is 80.1 Å². The van der Waals surface area contributed by atoms with Crippen molar-refractivity contribution >= 4 is 33.7 Å². The number of anilines is 4. The van der Waals surface area contributed by atoms with Crippen LogP contribution in [0.4, 0.5) is 35.9 Å². The second kappa shape index (κ2) is 12.0. The zero-order valence-electron chi connectivity index (χ0n) is 26.6. The molecule has 4 heterocycles. The Hall–Kier alpha value is -4.93. The number of nitrogens with two attached hydrogens (primary N) is 1. The van der Waals surface area contributed by atoms with E-state index in [1.54, 1.807) is 50.0 Å². The molecule has 1 fully saturated rings. The molecule has 2 N–H and O–H groups in total. The number of halogens is 3. The lowest BCUT2D eigenvalue weighted by Crippen LogP contribution is -2.35. The molecule has 2 aromatic heterocycles. The minimum absolute atomic E-state index is 0.0559. The highest BCUT2D eigenvalue weighted by molar-refractivity contribution is 5.97. The molecule has 0 amide bonds. The molecule has 2 aliphatic rings. The summed E-state index contributed by atoms with van der Waals surface area (Å²) in [7, 11) is 3.31. The third kappa shape index (κ3) is 5.47. The standard InChI is InChI=1S/C36H37F3N6O2/c1-21-13-29-33(42(2)36(21)46)16-26(47-3)17-34(29)44-10-4-5-22-14-27(28(35(38)39)18-32(22)44)23-19-41-45(20-23)25-8-11-43(12-9-25)31-7-6-24(40)15-30(31)37/h6-7,13-20,25,35H,4-5,8-12,40H2,1-3H3. The number of ether oxygens (including phenoxy) is 1. The van der Waals surface area contributed by atoms with Crippen molar-refractivity contribution in [1.82, 2.24) is 14.3 Å². The Morgan fingerprint density at radius 3 is 2.51 bits per heavy atom. The Balaban J connectivity index is 1.22. The van der Waals surface area contributed by atoms with Crippen molar-refractivity contribution in [3.63, 3.8) is 0 Å². The molecule has 0 saturated carbocycles. The topological polar surface area (TPSA) is 81.6 Å². The quantitative estimate of drug-likeness (QED) is 0.196. The van der Waals surface area contributed by atoms with Gasteiger partial charge in [0.2, 0.25) is 0 Å². The second-order valence-corrected chi connectivity index (χ2v) is 12.5. The van der Waals surface area contributed by atoms with E-state index in [0.29, 0.717) is 59.0 Å². The average Bonchev–Trinajstić information content (AvgIpc) is 3.56. The van der Waals surface area contributed by atoms with Crippen LogP contribution in [0, 0.1) is 12.7 Å². The van der Waals surface area contributed by atoms with E-state index in [2.05, 4.69) is 10.00 Å². The van der Waals surface area contributed by atoms with Crippen LogP contribution in [-0.4, -0.2) is 41.1 Å². The molecule has 11 heteroatoms. The number of aromatic nitrogens is 3. The summed E-state index contributed by atoms with van der Waals surface area (Å²) in [6.07, 6.45) is 3.88. The third-order valence-corrected chi connectivity index (χ3v) is 9.67. The maximum Gasteiger partial charge on any atom is 0.264 e. The summed E-state index contributed by atoms with van der Waals surface area (Å²) in [5.41, 5.74) is 11.4. The lowest BCUT2D eigenvalue weighted by atomic mass is 9.92. The van der Waals surface area contributed by atoms with Gasteiger partial charge in [-0.15, -0.1) is 0 Å². The zero-order valence-corrected chi connectivity index (χ0v) is 26.6. The van der Waals surface area contributed by atoms with E-state index < -0.39 is 6.43 Å². The van der Waals surface area contributed by atoms with Gasteiger partial charge < -0.3 is 24.8 Å². The first-order valence-corrected chi connectivity index (χ1v) is 15.9. The molecule has 0 atom stereocenters. The van der Waals surface area contributed by atoms with Gasteiger partial charge in [0.1, 0.15) is 11.6 Å². The molecular formula is C36H37F3N6O2. The van der Waals surface area contributed by atoms with Crippen LogP contribution in [0.3, 0.4) is 0 Å². The van der Waals surface area contributed by atoms with Gasteiger partial charge in [-0.25, -0.2) is 13.2 Å². The predicted octanol–water partition coefficient (Wildman–Crippen LogP) is 7.30. The van der Waals surface area contributed by atoms with Gasteiger partial charge in [-0.2, -0.15) is 5.10 Å². The van der Waals surface area contributed by atoms with Crippen LogP contribution in [0.5, 0.6) is 5.75 Å². The summed E-state index contributed by atoms with van der Waals surface area (Å²) in [5, 5.41) is 5.46. The molecule has 0 radical (unpaired) electrons. The van der Waals surface area contributed by atoms with E-state index in [0.717, 1.165) is 48.0 Å². The lowest BCUT2D eigenvalue weighted by molar-refractivity contribution is 0.152. The summed E-state index contributed by atoms with van der Waals surface area (Å²) in [6.45, 7) is 3.70. The van der Waals surface area contributed by atoms with Crippen molar-refractivity contribution in [2.75, 3.05) is 42.3 Å². The molecule has 5 aromatic rings. The maximum atomic E-state index is 14.8. The predicted molar refractivity (Wildman–Crippen MR) is 180 cm³/mol. The summed E-state index contributed by atoms with van der Waals surface area (Å²) < 4.78 is 53.2. The molecule has 0 aliphatic carbocycles. The molecule has 244 valence electrons. The van der Waals surface area contributed by atoms with E-state index in [1.165, 1.54) is 6.07 Å². The van der Waals surface area contributed by atoms with Crippen molar-refractivity contribution in [1.29, 1.82) is 0 Å². The fourth-order valence-corrected chi connectivity index (χ4v) is 7.17. The summed E-state index contributed by atoms with van der Waals surface area (Å²) in [4.78, 5) is 16.8. The number of rotatable bonds is 6. The van der Waals surface area contributed by atoms with E-state index >= 15 is 0 Å². The molecule has 2 aliphatic heterocycles. The van der Waals surface area contributed by atoms with Gasteiger partial charge in [0.05, 0.1) is 36.2 Å². The molecule has 47 heavy (non-hydrogen) atoms. The number of methoxy groups -OCH3 is 1. The van der Waals surface area contributed by atoms with Crippen LogP contribution >= 0.6 is 0 Å². The normalized spacial score (nSPS) is 15.5. The van der Waals surface area contributed by atoms with Crippen LogP contribution in [0.25, 0.3) is 22.0 Å². The summed E-state index contributed by atoms with van der Waals surface area (Å²) in [5.74, 6) is 0.247. The highest BCUT2D eigenvalue weighted by Gasteiger charge is 2.28. The van der Waals surface area contributed by atoms with Gasteiger partial charge in [-0.1, -0.05) is 0 Å². The largest absolute Gasteiger partial charge is 0.497 e. The molecule has 3 aromatic carbocycles. The molecule has 0 unspecified atom stereocenters. The number of benzene rings is 3. The highest BCUT2D eigenvalue weighted by Crippen LogP contribution is 2.44. The highest BCUT2D eigenvalue weighted by atomic mass is 19.3. The number of fused-ring (bicyclic) bond motifs is 2. The Morgan fingerprint density at radius 2 is 1.79 bits per heavy atom. The number of nitrogens with zero attached hydrogens (tertiary/aromatic N) is 5. The Morgan fingerprint density at radius 1 is 1.00 bits per heavy atom. The van der Waals surface area contributed by atoms with E-state index in [4.69, 9.17) is 10.5 Å². The van der Waals surface area contributed by atoms with E-state index in [9.17, 15) is 18.0 Å². The van der Waals surface area contributed by atoms with Gasteiger partial charge in [0.25, 0.3) is 12.0 Å². The fourth-order valence-electron chi connectivity index (χ4n) is 7.17. The number of alkyl halides is 2. The van der Waals surface area contributed by atoms with Crippen LogP contribution in [0.15, 0.2) is 65.7 Å². The number of hydrogen-bond donors (Lipinski definition) is 1. The first-order chi connectivity index (χ1) is 22.6. The van der Waals surface area contributed by atoms with Crippen molar-refractivity contribution in [2.24, 2.45) is 7.05 Å². The number of piperidine rings is 1. The minimum atomic E-state index is -2.70. The van der Waals surface area contributed by atoms with Crippen molar-refractivity contribution in [3.05, 3.63) is 93.8 Å². The number of aryl methyl sites for hydroxylation is 3. The molecule has 0 bridgehead atoms. The fraction of sp³-hybridized carbons (Fsp3) is 0.333. The molecule has 8 nitrogen and oxygen atoms in total. The van der Waals surface area contributed by atoms with Crippen LogP contribution in [0.1, 0.15) is 48.4 Å². The lowest BCUT2D eigenvalue weighted by Gasteiger charge is -2.34. The third-order valence-electron chi connectivity index (χ3n) is 9.67.